The second-order valence-electron chi connectivity index (χ2n) is 14.8. The minimum atomic E-state index is -4.22. The third-order valence-corrected chi connectivity index (χ3v) is 11.0. The average Bonchev–Trinajstić information content (AvgIpc) is 1.83. The van der Waals surface area contributed by atoms with E-state index in [1.807, 2.05) is 0 Å². The standard InChI is InChI=1S/C12H6Cl2F2O3S.C12H6ClF2NO3.C12H8ClF2NO.C6H5ClO.C6H2F3NO2.C2H4O2.CH2O3.CH3.2ClH.2Cs.Cu.H/c13-7-1-3-8(4-2-7)19-12-10(15)5-9(6-11(12)16)20(14,17)18;13-7-1-3-9(4-2-7)19-12-10(14)5-8(16(17)18)6-11(12)15;13-7-1-3-9(4-2-7)17-12-10(14)5-8(16)6-11(12)15;7-5-1-3-6(8)4-2-5;7-4-1-3(10(11)12)2-5(8)6(4)9;1-2(3)4;2-1-4-3;;;;;;;/h1-6H;1-6H;1-6H,16H2;1-4,8H;1-2H;1H3,(H,3,4);1,3H;1H3;2*1H;;;;/q;;;;;;;-1;;;2*+1;+2;-1/p-3. The monoisotopic (exact) mass is 1720 g/mol. The molecule has 0 unspecified atom stereocenters. The summed E-state index contributed by atoms with van der Waals surface area (Å²) in [4.78, 5) is 38.1. The average molecular weight is 1720 g/mol. The molecule has 0 spiro atoms. The molecule has 0 saturated heterocycles. The second kappa shape index (κ2) is 47.3. The molecule has 0 aromatic heterocycles. The van der Waals surface area contributed by atoms with E-state index in [1.165, 1.54) is 60.7 Å². The van der Waals surface area contributed by atoms with Gasteiger partial charge in [-0.15, -0.1) is 0 Å². The van der Waals surface area contributed by atoms with Crippen LogP contribution in [0.5, 0.6) is 40.2 Å². The van der Waals surface area contributed by atoms with Crippen molar-refractivity contribution in [3.05, 3.63) is 246 Å². The van der Waals surface area contributed by atoms with Gasteiger partial charge in [-0.1, -0.05) is 46.4 Å². The maximum atomic E-state index is 13.7. The molecular weight excluding hydrogens is 1690 g/mol. The van der Waals surface area contributed by atoms with Gasteiger partial charge in [-0.25, -0.2) is 47.9 Å². The van der Waals surface area contributed by atoms with Crippen molar-refractivity contribution in [2.45, 2.75) is 11.8 Å². The summed E-state index contributed by atoms with van der Waals surface area (Å²) in [5, 5.41) is 47.0. The van der Waals surface area contributed by atoms with Gasteiger partial charge in [0.05, 0.1) is 39.0 Å². The van der Waals surface area contributed by atoms with Crippen molar-refractivity contribution in [1.82, 2.24) is 0 Å². The number of hydrogen-bond acceptors (Lipinski definition) is 15. The van der Waals surface area contributed by atoms with Crippen LogP contribution < -0.4 is 163 Å². The molecule has 8 rings (SSSR count). The number of nitrogens with two attached hydrogens (primary N) is 1. The van der Waals surface area contributed by atoms with Crippen LogP contribution in [0.25, 0.3) is 0 Å². The number of aromatic hydroxyl groups is 1. The molecule has 38 heteroatoms. The predicted octanol–water partition coefficient (Wildman–Crippen LogP) is 11.2. The first-order valence-corrected chi connectivity index (χ1v) is 28.2. The number of non-ortho nitro benzene ring substituents is 2. The van der Waals surface area contributed by atoms with E-state index in [1.54, 1.807) is 36.4 Å². The SMILES string of the molecule is CC(=O)O.Nc1cc(F)c(Oc2ccc(Cl)cc2)c(F)c1.O=CO[O-].O=S(=O)(Cl)c1cc(F)c(Oc2ccc(Cl)cc2)c(F)c1.O=[N+]([O-])c1cc(F)c(F)c(F)c1.O=[N+]([O-])c1cc(F)c(Oc2ccc(Cl)cc2)c(F)c1.Oc1ccc(Cl)cc1.[CH3-].[Cl][Cu][Cl].[Cs+].[Cs+].[H-]. The number of phenols is 1. The van der Waals surface area contributed by atoms with E-state index in [0.717, 1.165) is 32.2 Å². The molecule has 0 heterocycles. The Balaban J connectivity index is -0.000000503. The zero-order valence-corrected chi connectivity index (χ0v) is 65.0. The number of anilines is 1. The van der Waals surface area contributed by atoms with Crippen molar-refractivity contribution in [2.24, 2.45) is 0 Å². The number of hydrogen-bond donors (Lipinski definition) is 3. The third-order valence-electron chi connectivity index (χ3n) is 8.61. The number of nitrogens with zero attached hydrogens (tertiary/aromatic N) is 2. The molecule has 8 aromatic carbocycles. The number of benzene rings is 8. The van der Waals surface area contributed by atoms with Crippen molar-refractivity contribution in [2.75, 3.05) is 5.73 Å². The van der Waals surface area contributed by atoms with E-state index in [0.29, 0.717) is 56.5 Å². The fraction of sp³-hybridized carbons (Fsp3) is 0.0192. The smallest absolute Gasteiger partial charge is 1.00 e. The fourth-order valence-corrected chi connectivity index (χ4v) is 6.41. The molecule has 0 fully saturated rings. The van der Waals surface area contributed by atoms with Gasteiger partial charge < -0.3 is 49.2 Å². The number of nitrogen functional groups attached to an aromatic ring is 1. The molecular formula is C52H36Cl7Cs2CuF9N3O15S-. The van der Waals surface area contributed by atoms with Gasteiger partial charge in [0, 0.05) is 55.5 Å². The third kappa shape index (κ3) is 36.2. The van der Waals surface area contributed by atoms with Crippen molar-refractivity contribution in [3.63, 3.8) is 0 Å². The van der Waals surface area contributed by atoms with Crippen LogP contribution in [0.15, 0.2) is 150 Å². The van der Waals surface area contributed by atoms with Crippen LogP contribution in [0.4, 0.5) is 56.6 Å². The minimum absolute atomic E-state index is 0. The number of nitro benzene ring substituents is 2. The van der Waals surface area contributed by atoms with E-state index >= 15 is 0 Å². The number of nitro groups is 2. The summed E-state index contributed by atoms with van der Waals surface area (Å²) < 4.78 is 155. The molecule has 0 bridgehead atoms. The molecule has 90 heavy (non-hydrogen) atoms. The van der Waals surface area contributed by atoms with Gasteiger partial charge in [0.25, 0.3) is 32.9 Å². The van der Waals surface area contributed by atoms with Gasteiger partial charge in [0.1, 0.15) is 23.0 Å². The number of halogens is 16. The Morgan fingerprint density at radius 2 is 0.778 bits per heavy atom. The molecule has 0 saturated carbocycles. The number of carboxylic acids is 1. The number of ether oxygens (including phenoxy) is 3. The molecule has 8 aromatic rings. The quantitative estimate of drug-likeness (QED) is 0.0110. The Kier molecular flexibility index (Phi) is 47.7. The number of aliphatic carboxylic acids is 1. The molecule has 0 aliphatic heterocycles. The van der Waals surface area contributed by atoms with Crippen molar-refractivity contribution in [3.8, 4) is 40.2 Å². The van der Waals surface area contributed by atoms with Crippen molar-refractivity contribution >= 4 is 116 Å². The van der Waals surface area contributed by atoms with Crippen molar-refractivity contribution < 1.29 is 254 Å². The molecule has 0 amide bonds. The first-order chi connectivity index (χ1) is 40.7. The largest absolute Gasteiger partial charge is 1.00 e. The van der Waals surface area contributed by atoms with Crippen LogP contribution in [-0.2, 0) is 36.7 Å². The minimum Gasteiger partial charge on any atom is -1.00 e. The van der Waals surface area contributed by atoms with E-state index in [4.69, 9.17) is 102 Å². The van der Waals surface area contributed by atoms with Crippen LogP contribution in [0.3, 0.4) is 0 Å². The summed E-state index contributed by atoms with van der Waals surface area (Å²) in [5.74, 6) is -13.1. The van der Waals surface area contributed by atoms with E-state index in [-0.39, 0.29) is 182 Å². The Morgan fingerprint density at radius 1 is 0.556 bits per heavy atom. The first kappa shape index (κ1) is 90.6. The van der Waals surface area contributed by atoms with Crippen LogP contribution >= 0.6 is 77.3 Å². The van der Waals surface area contributed by atoms with Crippen molar-refractivity contribution in [1.29, 1.82) is 0 Å². The number of carbonyl (C=O) groups is 2. The van der Waals surface area contributed by atoms with Gasteiger partial charge in [-0.05, 0) is 109 Å². The number of phenolic OH excluding ortho intramolecular Hbond substituents is 1. The van der Waals surface area contributed by atoms with Crippen LogP contribution in [0.1, 0.15) is 8.35 Å². The van der Waals surface area contributed by atoms with E-state index < -0.39 is 111 Å². The Bertz CT molecular complexity index is 3590. The number of carbonyl (C=O) groups excluding carboxylic acids is 1. The summed E-state index contributed by atoms with van der Waals surface area (Å²) in [6, 6.07) is 29.0. The fourth-order valence-electron chi connectivity index (χ4n) is 5.15. The van der Waals surface area contributed by atoms with Crippen LogP contribution in [0, 0.1) is 80.0 Å². The Hall–Kier alpha value is -3.57. The normalized spacial score (nSPS) is 9.53. The zero-order valence-electron chi connectivity index (χ0n) is 46.4. The molecule has 0 atom stereocenters. The topological polar surface area (TPSA) is 281 Å². The van der Waals surface area contributed by atoms with Gasteiger partial charge in [0.2, 0.25) is 0 Å². The van der Waals surface area contributed by atoms with E-state index in [2.05, 4.69) is 25.1 Å². The predicted molar refractivity (Wildman–Crippen MR) is 304 cm³/mol. The summed E-state index contributed by atoms with van der Waals surface area (Å²) in [6.45, 7) is 0.903. The molecule has 481 valence electrons. The Labute approximate surface area is 663 Å². The number of carboxylic acid groups (broad SMARTS) is 1. The molecule has 4 N–H and O–H groups in total. The summed E-state index contributed by atoms with van der Waals surface area (Å²) in [7, 11) is 10.1. The van der Waals surface area contributed by atoms with Gasteiger partial charge in [-0.2, -0.15) is 0 Å². The maximum Gasteiger partial charge on any atom is 1.00 e. The summed E-state index contributed by atoms with van der Waals surface area (Å²) in [5.41, 5.74) is 3.80. The second-order valence-corrected chi connectivity index (χ2v) is 20.7. The van der Waals surface area contributed by atoms with E-state index in [9.17, 15) is 68.2 Å². The summed E-state index contributed by atoms with van der Waals surface area (Å²) in [6.07, 6.45) is 0. The molecule has 0 aliphatic rings. The maximum absolute atomic E-state index is 13.7. The van der Waals surface area contributed by atoms with Gasteiger partial charge in [-0.3, -0.25) is 29.8 Å². The Morgan fingerprint density at radius 3 is 1.00 bits per heavy atom. The molecule has 0 aliphatic carbocycles. The molecule has 18 nitrogen and oxygen atoms in total. The first-order valence-electron chi connectivity index (χ1n) is 21.8. The number of rotatable bonds is 10. The van der Waals surface area contributed by atoms with Crippen LogP contribution in [0.2, 0.25) is 20.1 Å². The molecule has 0 radical (unpaired) electrons. The van der Waals surface area contributed by atoms with Gasteiger partial charge in [0.15, 0.2) is 69.6 Å². The van der Waals surface area contributed by atoms with Gasteiger partial charge >= 0.3 is 171 Å². The zero-order chi connectivity index (χ0) is 66.3. The van der Waals surface area contributed by atoms with Crippen LogP contribution in [-0.4, -0.2) is 40.9 Å². The summed E-state index contributed by atoms with van der Waals surface area (Å²) >= 11 is 23.3.